The molecule has 0 unspecified atom stereocenters. The van der Waals surface area contributed by atoms with Crippen molar-refractivity contribution < 1.29 is 14.0 Å². The van der Waals surface area contributed by atoms with Crippen LogP contribution in [0.1, 0.15) is 30.2 Å². The lowest BCUT2D eigenvalue weighted by molar-refractivity contribution is -0.124. The quantitative estimate of drug-likeness (QED) is 0.705. The van der Waals surface area contributed by atoms with Crippen LogP contribution in [-0.2, 0) is 11.3 Å². The standard InChI is InChI=1S/C17H19N5O3/c1-11(2)15(19-16(23)12-6-5-9-25-12)17(24)18-10-14-21-20-13-7-3-4-8-22(13)14/h3-9,11,15H,10H2,1-2H3,(H,18,24)(H,19,23)/t15-/m0/s1. The van der Waals surface area contributed by atoms with Crippen molar-refractivity contribution in [2.75, 3.05) is 0 Å². The van der Waals surface area contributed by atoms with Gasteiger partial charge in [-0.1, -0.05) is 19.9 Å². The summed E-state index contributed by atoms with van der Waals surface area (Å²) in [6, 6.07) is 8.05. The van der Waals surface area contributed by atoms with Gasteiger partial charge in [-0.15, -0.1) is 10.2 Å². The van der Waals surface area contributed by atoms with Crippen molar-refractivity contribution in [1.82, 2.24) is 25.2 Å². The summed E-state index contributed by atoms with van der Waals surface area (Å²) < 4.78 is 6.86. The van der Waals surface area contributed by atoms with Gasteiger partial charge in [0.2, 0.25) is 5.91 Å². The van der Waals surface area contributed by atoms with E-state index in [0.717, 1.165) is 0 Å². The first-order valence-electron chi connectivity index (χ1n) is 7.97. The number of carbonyl (C=O) groups excluding carboxylic acids is 2. The molecule has 0 aromatic carbocycles. The molecule has 3 rings (SSSR count). The number of nitrogens with one attached hydrogen (secondary N) is 2. The highest BCUT2D eigenvalue weighted by atomic mass is 16.3. The molecule has 3 aromatic rings. The molecule has 25 heavy (non-hydrogen) atoms. The monoisotopic (exact) mass is 341 g/mol. The van der Waals surface area contributed by atoms with Gasteiger partial charge in [-0.2, -0.15) is 0 Å². The number of hydrogen-bond acceptors (Lipinski definition) is 5. The van der Waals surface area contributed by atoms with Crippen molar-refractivity contribution in [2.24, 2.45) is 5.92 Å². The maximum Gasteiger partial charge on any atom is 0.287 e. The lowest BCUT2D eigenvalue weighted by Crippen LogP contribution is -2.49. The topological polar surface area (TPSA) is 102 Å². The lowest BCUT2D eigenvalue weighted by atomic mass is 10.0. The summed E-state index contributed by atoms with van der Waals surface area (Å²) in [5, 5.41) is 13.6. The minimum Gasteiger partial charge on any atom is -0.459 e. The van der Waals surface area contributed by atoms with Gasteiger partial charge in [-0.25, -0.2) is 0 Å². The van der Waals surface area contributed by atoms with Gasteiger partial charge in [0.15, 0.2) is 17.2 Å². The normalized spacial score (nSPS) is 12.3. The molecule has 3 heterocycles. The second kappa shape index (κ2) is 7.16. The van der Waals surface area contributed by atoms with Gasteiger partial charge in [0.25, 0.3) is 5.91 Å². The molecule has 0 spiro atoms. The van der Waals surface area contributed by atoms with E-state index in [2.05, 4.69) is 20.8 Å². The largest absolute Gasteiger partial charge is 0.459 e. The van der Waals surface area contributed by atoms with E-state index in [0.29, 0.717) is 11.5 Å². The van der Waals surface area contributed by atoms with Crippen LogP contribution in [0.2, 0.25) is 0 Å². The molecular weight excluding hydrogens is 322 g/mol. The Balaban J connectivity index is 1.66. The van der Waals surface area contributed by atoms with Crippen molar-refractivity contribution in [3.05, 3.63) is 54.4 Å². The molecule has 0 radical (unpaired) electrons. The van der Waals surface area contributed by atoms with Crippen LogP contribution in [0, 0.1) is 5.92 Å². The minimum absolute atomic E-state index is 0.0888. The van der Waals surface area contributed by atoms with E-state index in [-0.39, 0.29) is 24.1 Å². The number of aromatic nitrogens is 3. The predicted molar refractivity (Wildman–Crippen MR) is 89.6 cm³/mol. The number of hydrogen-bond donors (Lipinski definition) is 2. The van der Waals surface area contributed by atoms with Crippen LogP contribution in [-0.4, -0.2) is 32.5 Å². The molecule has 1 atom stereocenters. The Morgan fingerprint density at radius 2 is 2.04 bits per heavy atom. The second-order valence-electron chi connectivity index (χ2n) is 5.94. The zero-order valence-corrected chi connectivity index (χ0v) is 14.0. The van der Waals surface area contributed by atoms with Crippen LogP contribution in [0.4, 0.5) is 0 Å². The van der Waals surface area contributed by atoms with Crippen LogP contribution < -0.4 is 10.6 Å². The van der Waals surface area contributed by atoms with Crippen molar-refractivity contribution in [1.29, 1.82) is 0 Å². The number of fused-ring (bicyclic) bond motifs is 1. The fourth-order valence-electron chi connectivity index (χ4n) is 2.44. The van der Waals surface area contributed by atoms with Crippen molar-refractivity contribution in [2.45, 2.75) is 26.4 Å². The molecule has 8 nitrogen and oxygen atoms in total. The van der Waals surface area contributed by atoms with Gasteiger partial charge in [-0.3, -0.25) is 14.0 Å². The number of nitrogens with zero attached hydrogens (tertiary/aromatic N) is 3. The van der Waals surface area contributed by atoms with Crippen molar-refractivity contribution in [3.63, 3.8) is 0 Å². The van der Waals surface area contributed by atoms with Gasteiger partial charge < -0.3 is 15.1 Å². The Hall–Kier alpha value is -3.16. The van der Waals surface area contributed by atoms with E-state index in [1.165, 1.54) is 6.26 Å². The molecule has 0 fully saturated rings. The number of amides is 2. The fourth-order valence-corrected chi connectivity index (χ4v) is 2.44. The molecule has 8 heteroatoms. The number of rotatable bonds is 6. The Labute approximate surface area is 144 Å². The summed E-state index contributed by atoms with van der Waals surface area (Å²) in [7, 11) is 0. The third-order valence-corrected chi connectivity index (χ3v) is 3.79. The third kappa shape index (κ3) is 3.68. The molecule has 0 saturated carbocycles. The minimum atomic E-state index is -0.684. The molecule has 130 valence electrons. The zero-order chi connectivity index (χ0) is 17.8. The summed E-state index contributed by atoms with van der Waals surface area (Å²) in [4.78, 5) is 24.6. The fraction of sp³-hybridized carbons (Fsp3) is 0.294. The maximum absolute atomic E-state index is 12.5. The maximum atomic E-state index is 12.5. The molecule has 3 aromatic heterocycles. The molecule has 2 N–H and O–H groups in total. The van der Waals surface area contributed by atoms with Crippen LogP contribution in [0.15, 0.2) is 47.2 Å². The molecule has 0 aliphatic heterocycles. The highest BCUT2D eigenvalue weighted by Crippen LogP contribution is 2.07. The summed E-state index contributed by atoms with van der Waals surface area (Å²) in [5.41, 5.74) is 0.707. The smallest absolute Gasteiger partial charge is 0.287 e. The van der Waals surface area contributed by atoms with Crippen LogP contribution in [0.3, 0.4) is 0 Å². The first-order chi connectivity index (χ1) is 12.1. The van der Waals surface area contributed by atoms with Crippen molar-refractivity contribution >= 4 is 17.5 Å². The highest BCUT2D eigenvalue weighted by molar-refractivity contribution is 5.95. The number of pyridine rings is 1. The van der Waals surface area contributed by atoms with E-state index in [1.807, 2.05) is 38.2 Å². The first kappa shape index (κ1) is 16.7. The Bertz CT molecular complexity index is 869. The average molecular weight is 341 g/mol. The van der Waals surface area contributed by atoms with E-state index < -0.39 is 11.9 Å². The van der Waals surface area contributed by atoms with Gasteiger partial charge in [0.05, 0.1) is 12.8 Å². The summed E-state index contributed by atoms with van der Waals surface area (Å²) in [5.74, 6) is -0.0193. The Morgan fingerprint density at radius 1 is 1.20 bits per heavy atom. The van der Waals surface area contributed by atoms with Crippen molar-refractivity contribution in [3.8, 4) is 0 Å². The Morgan fingerprint density at radius 3 is 2.76 bits per heavy atom. The number of furan rings is 1. The lowest BCUT2D eigenvalue weighted by Gasteiger charge is -2.21. The second-order valence-corrected chi connectivity index (χ2v) is 5.94. The van der Waals surface area contributed by atoms with E-state index in [9.17, 15) is 9.59 Å². The van der Waals surface area contributed by atoms with Crippen LogP contribution in [0.5, 0.6) is 0 Å². The number of carbonyl (C=O) groups is 2. The van der Waals surface area contributed by atoms with Gasteiger partial charge in [-0.05, 0) is 30.2 Å². The van der Waals surface area contributed by atoms with E-state index in [4.69, 9.17) is 4.42 Å². The van der Waals surface area contributed by atoms with Gasteiger partial charge in [0.1, 0.15) is 6.04 Å². The molecule has 0 saturated heterocycles. The summed E-state index contributed by atoms with van der Waals surface area (Å²) in [6.45, 7) is 3.93. The SMILES string of the molecule is CC(C)[C@H](NC(=O)c1ccco1)C(=O)NCc1nnc2ccccn12. The molecule has 0 aliphatic rings. The van der Waals surface area contributed by atoms with Gasteiger partial charge >= 0.3 is 0 Å². The highest BCUT2D eigenvalue weighted by Gasteiger charge is 2.25. The first-order valence-corrected chi connectivity index (χ1v) is 7.97. The zero-order valence-electron chi connectivity index (χ0n) is 14.0. The third-order valence-electron chi connectivity index (χ3n) is 3.79. The molecule has 0 aliphatic carbocycles. The summed E-state index contributed by atoms with van der Waals surface area (Å²) >= 11 is 0. The van der Waals surface area contributed by atoms with E-state index >= 15 is 0 Å². The molecular formula is C17H19N5O3. The van der Waals surface area contributed by atoms with E-state index in [1.54, 1.807) is 16.5 Å². The van der Waals surface area contributed by atoms with Crippen LogP contribution in [0.25, 0.3) is 5.65 Å². The Kier molecular flexibility index (Phi) is 4.78. The predicted octanol–water partition coefficient (Wildman–Crippen LogP) is 1.39. The molecule has 0 bridgehead atoms. The average Bonchev–Trinajstić information content (AvgIpc) is 3.27. The molecule has 2 amide bonds. The summed E-state index contributed by atoms with van der Waals surface area (Å²) in [6.07, 6.45) is 3.24. The van der Waals surface area contributed by atoms with Crippen LogP contribution >= 0.6 is 0 Å². The van der Waals surface area contributed by atoms with Gasteiger partial charge in [0, 0.05) is 6.20 Å².